The van der Waals surface area contributed by atoms with Gasteiger partial charge in [0.2, 0.25) is 0 Å². The third-order valence-corrected chi connectivity index (χ3v) is 5.14. The van der Waals surface area contributed by atoms with Crippen LogP contribution in [0.5, 0.6) is 0 Å². The highest BCUT2D eigenvalue weighted by molar-refractivity contribution is 4.92. The Labute approximate surface area is 104 Å². The van der Waals surface area contributed by atoms with Crippen LogP contribution in [0.15, 0.2) is 0 Å². The van der Waals surface area contributed by atoms with Crippen molar-refractivity contribution in [1.29, 1.82) is 5.26 Å². The Morgan fingerprint density at radius 1 is 1.00 bits per heavy atom. The Balaban J connectivity index is 1.44. The Morgan fingerprint density at radius 3 is 2.35 bits per heavy atom. The molecule has 3 atom stereocenters. The van der Waals surface area contributed by atoms with E-state index < -0.39 is 0 Å². The zero-order valence-corrected chi connectivity index (χ0v) is 10.6. The van der Waals surface area contributed by atoms with Gasteiger partial charge in [-0.3, -0.25) is 4.90 Å². The smallest absolute Gasteiger partial charge is 0.0866 e. The maximum absolute atomic E-state index is 8.68. The van der Waals surface area contributed by atoms with Crippen LogP contribution in [0, 0.1) is 29.1 Å². The first kappa shape index (κ1) is 11.5. The molecule has 0 N–H and O–H groups in total. The lowest BCUT2D eigenvalue weighted by molar-refractivity contribution is 0.113. The summed E-state index contributed by atoms with van der Waals surface area (Å²) in [6.45, 7) is 6.48. The normalized spacial score (nSPS) is 38.4. The molecule has 1 aliphatic heterocycles. The molecule has 2 saturated carbocycles. The van der Waals surface area contributed by atoms with Gasteiger partial charge in [0.25, 0.3) is 0 Å². The average molecular weight is 233 g/mol. The van der Waals surface area contributed by atoms with Crippen molar-refractivity contribution in [2.24, 2.45) is 17.8 Å². The van der Waals surface area contributed by atoms with Crippen LogP contribution in [0.1, 0.15) is 25.7 Å². The van der Waals surface area contributed by atoms with E-state index in [-0.39, 0.29) is 0 Å². The van der Waals surface area contributed by atoms with Gasteiger partial charge in [-0.25, -0.2) is 0 Å². The minimum absolute atomic E-state index is 0.613. The second-order valence-electron chi connectivity index (χ2n) is 6.17. The SMILES string of the molecule is N#CCN1CCN(CC2CC3CCC2C3)CC1. The molecule has 0 spiro atoms. The number of piperazine rings is 1. The van der Waals surface area contributed by atoms with Crippen molar-refractivity contribution in [3.05, 3.63) is 0 Å². The molecule has 1 heterocycles. The maximum atomic E-state index is 8.68. The van der Waals surface area contributed by atoms with Crippen LogP contribution in [0.2, 0.25) is 0 Å². The first-order valence-corrected chi connectivity index (χ1v) is 7.17. The van der Waals surface area contributed by atoms with Gasteiger partial charge in [-0.1, -0.05) is 6.42 Å². The fourth-order valence-electron chi connectivity index (χ4n) is 4.16. The molecule has 94 valence electrons. The first-order valence-electron chi connectivity index (χ1n) is 7.17. The molecule has 2 aliphatic carbocycles. The molecule has 0 radical (unpaired) electrons. The molecular formula is C14H23N3. The lowest BCUT2D eigenvalue weighted by Gasteiger charge is -2.36. The third-order valence-electron chi connectivity index (χ3n) is 5.14. The topological polar surface area (TPSA) is 30.3 Å². The van der Waals surface area contributed by atoms with Crippen molar-refractivity contribution in [3.8, 4) is 6.07 Å². The van der Waals surface area contributed by atoms with E-state index in [1.165, 1.54) is 45.3 Å². The number of fused-ring (bicyclic) bond motifs is 2. The number of nitriles is 1. The summed E-state index contributed by atoms with van der Waals surface area (Å²) in [7, 11) is 0. The summed E-state index contributed by atoms with van der Waals surface area (Å²) < 4.78 is 0. The highest BCUT2D eigenvalue weighted by Gasteiger charge is 2.40. The maximum Gasteiger partial charge on any atom is 0.0866 e. The molecule has 3 aliphatic rings. The van der Waals surface area contributed by atoms with E-state index in [1.807, 2.05) is 0 Å². The van der Waals surface area contributed by atoms with Crippen molar-refractivity contribution in [1.82, 2.24) is 9.80 Å². The summed E-state index contributed by atoms with van der Waals surface area (Å²) in [6.07, 6.45) is 6.04. The first-order chi connectivity index (χ1) is 8.35. The van der Waals surface area contributed by atoms with Crippen molar-refractivity contribution in [2.75, 3.05) is 39.3 Å². The number of hydrogen-bond donors (Lipinski definition) is 0. The lowest BCUT2D eigenvalue weighted by Crippen LogP contribution is -2.48. The quantitative estimate of drug-likeness (QED) is 0.693. The van der Waals surface area contributed by atoms with Crippen LogP contribution >= 0.6 is 0 Å². The van der Waals surface area contributed by atoms with Crippen LogP contribution in [0.3, 0.4) is 0 Å². The summed E-state index contributed by atoms with van der Waals surface area (Å²) in [5, 5.41) is 8.68. The summed E-state index contributed by atoms with van der Waals surface area (Å²) in [6, 6.07) is 2.25. The van der Waals surface area contributed by atoms with Gasteiger partial charge in [0, 0.05) is 32.7 Å². The number of nitrogens with zero attached hydrogens (tertiary/aromatic N) is 3. The Hall–Kier alpha value is -0.590. The van der Waals surface area contributed by atoms with Crippen molar-refractivity contribution < 1.29 is 0 Å². The van der Waals surface area contributed by atoms with Crippen LogP contribution in [-0.2, 0) is 0 Å². The average Bonchev–Trinajstić information content (AvgIpc) is 2.94. The van der Waals surface area contributed by atoms with Gasteiger partial charge in [-0.05, 0) is 37.0 Å². The summed E-state index contributed by atoms with van der Waals surface area (Å²) in [5.41, 5.74) is 0. The molecule has 2 bridgehead atoms. The number of rotatable bonds is 3. The zero-order chi connectivity index (χ0) is 11.7. The third kappa shape index (κ3) is 2.48. The second kappa shape index (κ2) is 4.96. The van der Waals surface area contributed by atoms with Crippen LogP contribution in [-0.4, -0.2) is 49.1 Å². The van der Waals surface area contributed by atoms with Gasteiger partial charge in [-0.15, -0.1) is 0 Å². The lowest BCUT2D eigenvalue weighted by atomic mass is 9.88. The molecular weight excluding hydrogens is 210 g/mol. The van der Waals surface area contributed by atoms with Gasteiger partial charge in [0.05, 0.1) is 12.6 Å². The molecule has 0 amide bonds. The minimum Gasteiger partial charge on any atom is -0.301 e. The standard InChI is InChI=1S/C14H23N3/c15-3-4-16-5-7-17(8-6-16)11-14-10-12-1-2-13(14)9-12/h12-14H,1-2,4-11H2. The summed E-state index contributed by atoms with van der Waals surface area (Å²) >= 11 is 0. The Bertz CT molecular complexity index is 301. The fraction of sp³-hybridized carbons (Fsp3) is 0.929. The Kier molecular flexibility index (Phi) is 3.35. The van der Waals surface area contributed by atoms with Crippen LogP contribution in [0.25, 0.3) is 0 Å². The van der Waals surface area contributed by atoms with E-state index in [1.54, 1.807) is 0 Å². The van der Waals surface area contributed by atoms with Gasteiger partial charge in [-0.2, -0.15) is 5.26 Å². The summed E-state index contributed by atoms with van der Waals surface area (Å²) in [5.74, 6) is 3.12. The zero-order valence-electron chi connectivity index (χ0n) is 10.6. The molecule has 0 aromatic carbocycles. The Morgan fingerprint density at radius 2 is 1.76 bits per heavy atom. The molecule has 3 unspecified atom stereocenters. The highest BCUT2D eigenvalue weighted by Crippen LogP contribution is 2.48. The van der Waals surface area contributed by atoms with E-state index in [0.717, 1.165) is 30.8 Å². The van der Waals surface area contributed by atoms with Gasteiger partial charge in [0.1, 0.15) is 0 Å². The van der Waals surface area contributed by atoms with Gasteiger partial charge >= 0.3 is 0 Å². The predicted molar refractivity (Wildman–Crippen MR) is 67.4 cm³/mol. The highest BCUT2D eigenvalue weighted by atomic mass is 15.3. The molecule has 3 rings (SSSR count). The minimum atomic E-state index is 0.613. The molecule has 0 aromatic heterocycles. The van der Waals surface area contributed by atoms with Crippen molar-refractivity contribution in [3.63, 3.8) is 0 Å². The summed E-state index contributed by atoms with van der Waals surface area (Å²) in [4.78, 5) is 4.91. The van der Waals surface area contributed by atoms with E-state index in [0.29, 0.717) is 6.54 Å². The van der Waals surface area contributed by atoms with Gasteiger partial charge in [0.15, 0.2) is 0 Å². The molecule has 3 nitrogen and oxygen atoms in total. The molecule has 3 heteroatoms. The molecule has 1 saturated heterocycles. The molecule has 0 aromatic rings. The van der Waals surface area contributed by atoms with Crippen LogP contribution in [0.4, 0.5) is 0 Å². The van der Waals surface area contributed by atoms with Crippen molar-refractivity contribution >= 4 is 0 Å². The van der Waals surface area contributed by atoms with E-state index >= 15 is 0 Å². The van der Waals surface area contributed by atoms with E-state index in [4.69, 9.17) is 5.26 Å². The largest absolute Gasteiger partial charge is 0.301 e. The van der Waals surface area contributed by atoms with Gasteiger partial charge < -0.3 is 4.90 Å². The second-order valence-corrected chi connectivity index (χ2v) is 6.17. The van der Waals surface area contributed by atoms with Crippen LogP contribution < -0.4 is 0 Å². The molecule has 17 heavy (non-hydrogen) atoms. The number of hydrogen-bond acceptors (Lipinski definition) is 3. The van der Waals surface area contributed by atoms with Crippen molar-refractivity contribution in [2.45, 2.75) is 25.7 Å². The predicted octanol–water partition coefficient (Wildman–Crippen LogP) is 1.56. The van der Waals surface area contributed by atoms with E-state index in [9.17, 15) is 0 Å². The molecule has 3 fully saturated rings. The fourth-order valence-corrected chi connectivity index (χ4v) is 4.16. The van der Waals surface area contributed by atoms with E-state index in [2.05, 4.69) is 15.9 Å². The monoisotopic (exact) mass is 233 g/mol.